The topological polar surface area (TPSA) is 99.3 Å². The largest absolute Gasteiger partial charge is 0.336 e. The predicted octanol–water partition coefficient (Wildman–Crippen LogP) is 0.480. The van der Waals surface area contributed by atoms with Gasteiger partial charge in [-0.3, -0.25) is 9.89 Å². The second kappa shape index (κ2) is 6.17. The van der Waals surface area contributed by atoms with E-state index in [1.807, 2.05) is 18.2 Å². The summed E-state index contributed by atoms with van der Waals surface area (Å²) in [6.45, 7) is 1.95. The van der Waals surface area contributed by atoms with E-state index < -0.39 is 10.0 Å². The number of aromatic amines is 1. The molecule has 0 unspecified atom stereocenters. The molecule has 3 heterocycles. The third-order valence-electron chi connectivity index (χ3n) is 5.66. The highest BCUT2D eigenvalue weighted by Crippen LogP contribution is 2.46. The van der Waals surface area contributed by atoms with Crippen molar-refractivity contribution >= 4 is 15.9 Å². The van der Waals surface area contributed by atoms with Crippen LogP contribution in [0.15, 0.2) is 36.7 Å². The van der Waals surface area contributed by atoms with E-state index in [0.29, 0.717) is 32.6 Å². The van der Waals surface area contributed by atoms with Gasteiger partial charge in [0.1, 0.15) is 6.33 Å². The van der Waals surface area contributed by atoms with Crippen LogP contribution in [-0.4, -0.2) is 71.1 Å². The zero-order valence-electron chi connectivity index (χ0n) is 14.5. The number of aromatic nitrogens is 3. The molecule has 2 atom stereocenters. The van der Waals surface area contributed by atoms with E-state index in [2.05, 4.69) is 27.3 Å². The van der Waals surface area contributed by atoms with Crippen LogP contribution < -0.4 is 0 Å². The monoisotopic (exact) mass is 375 g/mol. The normalized spacial score (nSPS) is 26.7. The molecule has 26 heavy (non-hydrogen) atoms. The molecule has 1 N–H and O–H groups in total. The first-order valence-corrected chi connectivity index (χ1v) is 10.4. The van der Waals surface area contributed by atoms with Gasteiger partial charge in [0.15, 0.2) is 0 Å². The summed E-state index contributed by atoms with van der Waals surface area (Å²) >= 11 is 0. The molecule has 0 saturated carbocycles. The Morgan fingerprint density at radius 1 is 1.27 bits per heavy atom. The maximum absolute atomic E-state index is 12.6. The second-order valence-corrected chi connectivity index (χ2v) is 9.09. The number of carbonyl (C=O) groups excluding carboxylic acids is 1. The number of sulfonamides is 1. The highest BCUT2D eigenvalue weighted by molar-refractivity contribution is 7.88. The quantitative estimate of drug-likeness (QED) is 0.841. The summed E-state index contributed by atoms with van der Waals surface area (Å²) in [5.74, 6) is 0.0670. The van der Waals surface area contributed by atoms with Crippen molar-refractivity contribution in [2.45, 2.75) is 11.8 Å². The summed E-state index contributed by atoms with van der Waals surface area (Å²) in [6, 6.07) is 10.0. The number of hydrogen-bond acceptors (Lipinski definition) is 5. The van der Waals surface area contributed by atoms with E-state index in [9.17, 15) is 13.2 Å². The number of piperidine rings is 1. The van der Waals surface area contributed by atoms with E-state index in [1.54, 1.807) is 9.21 Å². The molecule has 1 amide bonds. The number of H-pyrrole nitrogens is 1. The molecule has 2 aliphatic rings. The number of nitrogens with one attached hydrogen (secondary N) is 1. The Hall–Kier alpha value is -2.26. The molecule has 1 aromatic heterocycles. The molecule has 2 saturated heterocycles. The Labute approximate surface area is 152 Å². The predicted molar refractivity (Wildman–Crippen MR) is 94.9 cm³/mol. The first kappa shape index (κ1) is 17.2. The van der Waals surface area contributed by atoms with Crippen LogP contribution in [0.1, 0.15) is 22.6 Å². The van der Waals surface area contributed by atoms with Gasteiger partial charge >= 0.3 is 0 Å². The first-order chi connectivity index (χ1) is 12.4. The molecule has 0 radical (unpaired) electrons. The number of amides is 1. The Morgan fingerprint density at radius 3 is 2.69 bits per heavy atom. The minimum atomic E-state index is -3.29. The number of fused-ring (bicyclic) bond motifs is 1. The summed E-state index contributed by atoms with van der Waals surface area (Å²) in [4.78, 5) is 18.3. The lowest BCUT2D eigenvalue weighted by atomic mass is 9.68. The molecular weight excluding hydrogens is 354 g/mol. The zero-order valence-corrected chi connectivity index (χ0v) is 15.3. The van der Waals surface area contributed by atoms with Gasteiger partial charge in [-0.25, -0.2) is 17.7 Å². The number of nitrogens with zero attached hydrogens (tertiary/aromatic N) is 4. The van der Waals surface area contributed by atoms with E-state index >= 15 is 0 Å². The van der Waals surface area contributed by atoms with Crippen molar-refractivity contribution in [3.05, 3.63) is 48.0 Å². The van der Waals surface area contributed by atoms with Crippen LogP contribution in [0.2, 0.25) is 0 Å². The number of benzene rings is 1. The van der Waals surface area contributed by atoms with Crippen LogP contribution >= 0.6 is 0 Å². The fourth-order valence-electron chi connectivity index (χ4n) is 4.27. The fourth-order valence-corrected chi connectivity index (χ4v) is 5.19. The van der Waals surface area contributed by atoms with Gasteiger partial charge < -0.3 is 4.90 Å². The van der Waals surface area contributed by atoms with Crippen molar-refractivity contribution in [1.29, 1.82) is 0 Å². The summed E-state index contributed by atoms with van der Waals surface area (Å²) in [7, 11) is -3.29. The summed E-state index contributed by atoms with van der Waals surface area (Å²) in [5.41, 5.74) is 0.880. The number of carbonyl (C=O) groups is 1. The molecule has 0 spiro atoms. The third kappa shape index (κ3) is 2.80. The lowest BCUT2D eigenvalue weighted by Gasteiger charge is -2.43. The minimum Gasteiger partial charge on any atom is -0.336 e. The molecular formula is C17H21N5O3S. The molecule has 2 aromatic rings. The van der Waals surface area contributed by atoms with Crippen LogP contribution in [0.4, 0.5) is 0 Å². The maximum Gasteiger partial charge on any atom is 0.291 e. The zero-order chi connectivity index (χ0) is 18.4. The summed E-state index contributed by atoms with van der Waals surface area (Å²) in [5, 5.41) is 6.35. The van der Waals surface area contributed by atoms with Crippen LogP contribution in [0.3, 0.4) is 0 Å². The van der Waals surface area contributed by atoms with E-state index in [4.69, 9.17) is 0 Å². The molecule has 8 nitrogen and oxygen atoms in total. The lowest BCUT2D eigenvalue weighted by Crippen LogP contribution is -2.51. The van der Waals surface area contributed by atoms with Gasteiger partial charge in [-0.15, -0.1) is 0 Å². The Kier molecular flexibility index (Phi) is 4.07. The average molecular weight is 375 g/mol. The van der Waals surface area contributed by atoms with Crippen LogP contribution in [0, 0.1) is 5.92 Å². The van der Waals surface area contributed by atoms with E-state index in [-0.39, 0.29) is 23.1 Å². The SMILES string of the molecule is CS(=O)(=O)N1C[C@@H]2CN(C(=O)c3ncn[nH]3)CC[C@]2(c2ccccc2)C1. The molecule has 9 heteroatoms. The lowest BCUT2D eigenvalue weighted by molar-refractivity contribution is 0.0591. The van der Waals surface area contributed by atoms with Gasteiger partial charge in [-0.05, 0) is 12.0 Å². The Balaban J connectivity index is 1.66. The average Bonchev–Trinajstić information content (AvgIpc) is 3.29. The van der Waals surface area contributed by atoms with Crippen molar-refractivity contribution in [3.8, 4) is 0 Å². The van der Waals surface area contributed by atoms with Crippen LogP contribution in [-0.2, 0) is 15.4 Å². The highest BCUT2D eigenvalue weighted by Gasteiger charge is 2.53. The highest BCUT2D eigenvalue weighted by atomic mass is 32.2. The molecule has 138 valence electrons. The smallest absolute Gasteiger partial charge is 0.291 e. The van der Waals surface area contributed by atoms with Gasteiger partial charge in [-0.1, -0.05) is 30.3 Å². The second-order valence-electron chi connectivity index (χ2n) is 7.11. The standard InChI is InChI=1S/C17H21N5O3S/c1-26(24,25)22-10-14-9-21(16(23)15-18-12-19-20-15)8-7-17(14,11-22)13-5-3-2-4-6-13/h2-6,12,14H,7-11H2,1H3,(H,18,19,20)/t14-,17+/m0/s1. The van der Waals surface area contributed by atoms with Crippen molar-refractivity contribution in [2.75, 3.05) is 32.4 Å². The van der Waals surface area contributed by atoms with Crippen molar-refractivity contribution in [3.63, 3.8) is 0 Å². The van der Waals surface area contributed by atoms with E-state index in [1.165, 1.54) is 12.6 Å². The number of likely N-dealkylation sites (tertiary alicyclic amines) is 1. The van der Waals surface area contributed by atoms with Crippen LogP contribution in [0.5, 0.6) is 0 Å². The molecule has 1 aromatic carbocycles. The number of rotatable bonds is 3. The molecule has 4 rings (SSSR count). The van der Waals surface area contributed by atoms with Crippen molar-refractivity contribution in [2.24, 2.45) is 5.92 Å². The molecule has 0 bridgehead atoms. The van der Waals surface area contributed by atoms with Crippen LogP contribution in [0.25, 0.3) is 0 Å². The molecule has 0 aliphatic carbocycles. The van der Waals surface area contributed by atoms with Crippen molar-refractivity contribution in [1.82, 2.24) is 24.4 Å². The van der Waals surface area contributed by atoms with Gasteiger partial charge in [0.05, 0.1) is 6.26 Å². The Bertz CT molecular complexity index is 900. The van der Waals surface area contributed by atoms with Gasteiger partial charge in [-0.2, -0.15) is 5.10 Å². The molecule has 2 fully saturated rings. The van der Waals surface area contributed by atoms with E-state index in [0.717, 1.165) is 5.56 Å². The van der Waals surface area contributed by atoms with Gasteiger partial charge in [0.2, 0.25) is 15.8 Å². The maximum atomic E-state index is 12.6. The third-order valence-corrected chi connectivity index (χ3v) is 6.87. The van der Waals surface area contributed by atoms with Gasteiger partial charge in [0, 0.05) is 37.5 Å². The minimum absolute atomic E-state index is 0.0419. The van der Waals surface area contributed by atoms with Crippen molar-refractivity contribution < 1.29 is 13.2 Å². The molecule has 2 aliphatic heterocycles. The fraction of sp³-hybridized carbons (Fsp3) is 0.471. The summed E-state index contributed by atoms with van der Waals surface area (Å²) < 4.78 is 25.9. The van der Waals surface area contributed by atoms with Gasteiger partial charge in [0.25, 0.3) is 5.91 Å². The Morgan fingerprint density at radius 2 is 2.04 bits per heavy atom. The first-order valence-electron chi connectivity index (χ1n) is 8.55. The summed E-state index contributed by atoms with van der Waals surface area (Å²) in [6.07, 6.45) is 3.28. The number of hydrogen-bond donors (Lipinski definition) is 1.